The van der Waals surface area contributed by atoms with Crippen LogP contribution in [-0.4, -0.2) is 14.6 Å². The van der Waals surface area contributed by atoms with Gasteiger partial charge in [0.15, 0.2) is 5.65 Å². The number of aryl methyl sites for hydroxylation is 1. The summed E-state index contributed by atoms with van der Waals surface area (Å²) in [4.78, 5) is 4.13. The standard InChI is InChI=1S/C14H14ClN5/c1-9-6-13-18-14(16)19-20(13)8-12(9)17-7-10-4-2-3-5-11(10)15/h2-6,8,17H,7H2,1H3,(H2,16,19). The van der Waals surface area contributed by atoms with Crippen molar-refractivity contribution in [3.8, 4) is 0 Å². The van der Waals surface area contributed by atoms with E-state index in [9.17, 15) is 0 Å². The molecule has 0 radical (unpaired) electrons. The number of hydrogen-bond acceptors (Lipinski definition) is 4. The molecule has 0 amide bonds. The van der Waals surface area contributed by atoms with E-state index < -0.39 is 0 Å². The van der Waals surface area contributed by atoms with Crippen LogP contribution in [0, 0.1) is 6.92 Å². The van der Waals surface area contributed by atoms with E-state index in [0.717, 1.165) is 27.5 Å². The fourth-order valence-electron chi connectivity index (χ4n) is 2.06. The molecule has 102 valence electrons. The number of nitrogens with zero attached hydrogens (tertiary/aromatic N) is 3. The number of pyridine rings is 1. The first kappa shape index (κ1) is 12.7. The van der Waals surface area contributed by atoms with Gasteiger partial charge in [-0.2, -0.15) is 4.98 Å². The van der Waals surface area contributed by atoms with E-state index in [0.29, 0.717) is 6.54 Å². The summed E-state index contributed by atoms with van der Waals surface area (Å²) in [5.41, 5.74) is 9.44. The zero-order valence-electron chi connectivity index (χ0n) is 11.0. The van der Waals surface area contributed by atoms with Crippen LogP contribution in [0.5, 0.6) is 0 Å². The lowest BCUT2D eigenvalue weighted by Gasteiger charge is -2.10. The summed E-state index contributed by atoms with van der Waals surface area (Å²) < 4.78 is 1.66. The summed E-state index contributed by atoms with van der Waals surface area (Å²) in [7, 11) is 0. The van der Waals surface area contributed by atoms with Crippen LogP contribution in [0.3, 0.4) is 0 Å². The molecule has 0 spiro atoms. The molecule has 0 saturated carbocycles. The van der Waals surface area contributed by atoms with E-state index in [1.165, 1.54) is 0 Å². The predicted octanol–water partition coefficient (Wildman–Crippen LogP) is 2.89. The van der Waals surface area contributed by atoms with Gasteiger partial charge < -0.3 is 11.1 Å². The Morgan fingerprint density at radius 1 is 1.35 bits per heavy atom. The third-order valence-corrected chi connectivity index (χ3v) is 3.49. The molecule has 0 aliphatic rings. The Morgan fingerprint density at radius 2 is 2.15 bits per heavy atom. The first-order chi connectivity index (χ1) is 9.63. The third-order valence-electron chi connectivity index (χ3n) is 3.12. The fourth-order valence-corrected chi connectivity index (χ4v) is 2.26. The monoisotopic (exact) mass is 287 g/mol. The average Bonchev–Trinajstić information content (AvgIpc) is 2.76. The molecule has 0 aliphatic carbocycles. The normalized spacial score (nSPS) is 10.9. The van der Waals surface area contributed by atoms with E-state index in [2.05, 4.69) is 15.4 Å². The second-order valence-electron chi connectivity index (χ2n) is 4.59. The Bertz CT molecular complexity index is 765. The lowest BCUT2D eigenvalue weighted by molar-refractivity contribution is 0.960. The van der Waals surface area contributed by atoms with Crippen molar-refractivity contribution >= 4 is 28.9 Å². The van der Waals surface area contributed by atoms with Crippen LogP contribution < -0.4 is 11.1 Å². The van der Waals surface area contributed by atoms with E-state index in [1.54, 1.807) is 4.52 Å². The third kappa shape index (κ3) is 2.40. The Balaban J connectivity index is 1.87. The molecule has 3 N–H and O–H groups in total. The number of hydrogen-bond donors (Lipinski definition) is 2. The molecule has 1 aromatic carbocycles. The van der Waals surface area contributed by atoms with Crippen LogP contribution in [0.25, 0.3) is 5.65 Å². The molecule has 2 aromatic heterocycles. The van der Waals surface area contributed by atoms with E-state index >= 15 is 0 Å². The van der Waals surface area contributed by atoms with Crippen molar-refractivity contribution in [2.45, 2.75) is 13.5 Å². The first-order valence-electron chi connectivity index (χ1n) is 6.23. The summed E-state index contributed by atoms with van der Waals surface area (Å²) in [6.45, 7) is 2.66. The van der Waals surface area contributed by atoms with Crippen LogP contribution in [0.4, 0.5) is 11.6 Å². The minimum absolute atomic E-state index is 0.271. The summed E-state index contributed by atoms with van der Waals surface area (Å²) >= 11 is 6.14. The van der Waals surface area contributed by atoms with E-state index in [-0.39, 0.29) is 5.95 Å². The topological polar surface area (TPSA) is 68.2 Å². The average molecular weight is 288 g/mol. The summed E-state index contributed by atoms with van der Waals surface area (Å²) in [6, 6.07) is 9.71. The summed E-state index contributed by atoms with van der Waals surface area (Å²) in [5, 5.41) is 8.22. The molecule has 0 fully saturated rings. The summed E-state index contributed by atoms with van der Waals surface area (Å²) in [6.07, 6.45) is 1.88. The number of halogens is 1. The molecule has 0 saturated heterocycles. The highest BCUT2D eigenvalue weighted by Crippen LogP contribution is 2.20. The summed E-state index contributed by atoms with van der Waals surface area (Å²) in [5.74, 6) is 0.271. The molecule has 3 aromatic rings. The van der Waals surface area contributed by atoms with Gasteiger partial charge in [-0.05, 0) is 30.2 Å². The molecule has 6 heteroatoms. The Kier molecular flexibility index (Phi) is 3.20. The van der Waals surface area contributed by atoms with Crippen molar-refractivity contribution in [2.24, 2.45) is 0 Å². The minimum atomic E-state index is 0.271. The molecule has 0 bridgehead atoms. The molecule has 0 atom stereocenters. The van der Waals surface area contributed by atoms with Crippen LogP contribution >= 0.6 is 11.6 Å². The second kappa shape index (κ2) is 5.02. The number of anilines is 2. The van der Waals surface area contributed by atoms with Gasteiger partial charge in [0.1, 0.15) is 0 Å². The van der Waals surface area contributed by atoms with E-state index in [4.69, 9.17) is 17.3 Å². The second-order valence-corrected chi connectivity index (χ2v) is 5.00. The zero-order chi connectivity index (χ0) is 14.1. The van der Waals surface area contributed by atoms with Crippen LogP contribution in [0.1, 0.15) is 11.1 Å². The highest BCUT2D eigenvalue weighted by Gasteiger charge is 2.06. The molecule has 3 rings (SSSR count). The highest BCUT2D eigenvalue weighted by atomic mass is 35.5. The highest BCUT2D eigenvalue weighted by molar-refractivity contribution is 6.31. The van der Waals surface area contributed by atoms with Crippen molar-refractivity contribution in [3.63, 3.8) is 0 Å². The van der Waals surface area contributed by atoms with Gasteiger partial charge in [0.25, 0.3) is 0 Å². The quantitative estimate of drug-likeness (QED) is 0.777. The van der Waals surface area contributed by atoms with Crippen LogP contribution in [0.2, 0.25) is 5.02 Å². The van der Waals surface area contributed by atoms with Gasteiger partial charge in [-0.3, -0.25) is 0 Å². The number of benzene rings is 1. The van der Waals surface area contributed by atoms with Gasteiger partial charge in [-0.1, -0.05) is 29.8 Å². The van der Waals surface area contributed by atoms with Crippen molar-refractivity contribution in [1.82, 2.24) is 14.6 Å². The van der Waals surface area contributed by atoms with Crippen molar-refractivity contribution < 1.29 is 0 Å². The number of rotatable bonds is 3. The fraction of sp³-hybridized carbons (Fsp3) is 0.143. The molecule has 0 aliphatic heterocycles. The maximum absolute atomic E-state index is 6.14. The van der Waals surface area contributed by atoms with Crippen LogP contribution in [-0.2, 0) is 6.54 Å². The van der Waals surface area contributed by atoms with Gasteiger partial charge in [0.2, 0.25) is 5.95 Å². The van der Waals surface area contributed by atoms with Gasteiger partial charge in [-0.25, -0.2) is 4.52 Å². The molecule has 20 heavy (non-hydrogen) atoms. The number of fused-ring (bicyclic) bond motifs is 1. The largest absolute Gasteiger partial charge is 0.379 e. The van der Waals surface area contributed by atoms with Crippen molar-refractivity contribution in [2.75, 3.05) is 11.1 Å². The number of nitrogens with two attached hydrogens (primary N) is 1. The van der Waals surface area contributed by atoms with Crippen molar-refractivity contribution in [1.29, 1.82) is 0 Å². The first-order valence-corrected chi connectivity index (χ1v) is 6.61. The number of nitrogen functional groups attached to an aromatic ring is 1. The molecular weight excluding hydrogens is 274 g/mol. The maximum atomic E-state index is 6.14. The smallest absolute Gasteiger partial charge is 0.240 e. The van der Waals surface area contributed by atoms with Gasteiger partial charge in [0, 0.05) is 11.6 Å². The lowest BCUT2D eigenvalue weighted by atomic mass is 10.2. The molecule has 5 nitrogen and oxygen atoms in total. The van der Waals surface area contributed by atoms with Gasteiger partial charge in [-0.15, -0.1) is 5.10 Å². The Hall–Kier alpha value is -2.27. The maximum Gasteiger partial charge on any atom is 0.240 e. The number of nitrogens with one attached hydrogen (secondary N) is 1. The van der Waals surface area contributed by atoms with Gasteiger partial charge >= 0.3 is 0 Å². The Labute approximate surface area is 121 Å². The lowest BCUT2D eigenvalue weighted by Crippen LogP contribution is -2.03. The Morgan fingerprint density at radius 3 is 2.95 bits per heavy atom. The van der Waals surface area contributed by atoms with E-state index in [1.807, 2.05) is 43.5 Å². The van der Waals surface area contributed by atoms with Crippen LogP contribution in [0.15, 0.2) is 36.5 Å². The van der Waals surface area contributed by atoms with Gasteiger partial charge in [0.05, 0.1) is 11.9 Å². The minimum Gasteiger partial charge on any atom is -0.379 e. The number of aromatic nitrogens is 3. The SMILES string of the molecule is Cc1cc2nc(N)nn2cc1NCc1ccccc1Cl. The van der Waals surface area contributed by atoms with Crippen molar-refractivity contribution in [3.05, 3.63) is 52.7 Å². The molecule has 2 heterocycles. The predicted molar refractivity (Wildman–Crippen MR) is 80.9 cm³/mol. The zero-order valence-corrected chi connectivity index (χ0v) is 11.7. The molecule has 0 unspecified atom stereocenters. The molecular formula is C14H14ClN5.